The van der Waals surface area contributed by atoms with Crippen LogP contribution in [-0.2, 0) is 11.2 Å². The summed E-state index contributed by atoms with van der Waals surface area (Å²) in [7, 11) is 0. The predicted molar refractivity (Wildman–Crippen MR) is 121 cm³/mol. The van der Waals surface area contributed by atoms with Crippen molar-refractivity contribution in [2.75, 3.05) is 6.54 Å². The molecule has 6 nitrogen and oxygen atoms in total. The van der Waals surface area contributed by atoms with Gasteiger partial charge < -0.3 is 9.64 Å². The second-order valence-corrected chi connectivity index (χ2v) is 9.06. The van der Waals surface area contributed by atoms with E-state index in [4.69, 9.17) is 4.74 Å². The van der Waals surface area contributed by atoms with E-state index in [2.05, 4.69) is 25.8 Å². The summed E-state index contributed by atoms with van der Waals surface area (Å²) in [5.41, 5.74) is 2.32. The number of carbonyl (C=O) groups is 1. The zero-order valence-corrected chi connectivity index (χ0v) is 19.6. The minimum Gasteiger partial charge on any atom is -0.444 e. The summed E-state index contributed by atoms with van der Waals surface area (Å²) >= 11 is 0. The quantitative estimate of drug-likeness (QED) is 0.678. The van der Waals surface area contributed by atoms with E-state index < -0.39 is 5.60 Å². The van der Waals surface area contributed by atoms with Gasteiger partial charge in [0.05, 0.1) is 0 Å². The van der Waals surface area contributed by atoms with Crippen LogP contribution in [-0.4, -0.2) is 38.1 Å². The first-order valence-corrected chi connectivity index (χ1v) is 11.0. The molecule has 0 unspecified atom stereocenters. The number of nitrogens with zero attached hydrogens (tertiary/aromatic N) is 3. The van der Waals surface area contributed by atoms with Crippen molar-refractivity contribution in [1.29, 1.82) is 0 Å². The van der Waals surface area contributed by atoms with Gasteiger partial charge in [-0.1, -0.05) is 26.8 Å². The van der Waals surface area contributed by atoms with Crippen molar-refractivity contribution in [3.63, 3.8) is 0 Å². The van der Waals surface area contributed by atoms with Crippen molar-refractivity contribution >= 4 is 11.7 Å². The van der Waals surface area contributed by atoms with Crippen molar-refractivity contribution in [2.24, 2.45) is 0 Å². The molecule has 0 N–H and O–H groups in total. The molecule has 1 aliphatic rings. The third kappa shape index (κ3) is 6.07. The van der Waals surface area contributed by atoms with Crippen LogP contribution in [0.3, 0.4) is 0 Å². The van der Waals surface area contributed by atoms with E-state index in [0.717, 1.165) is 49.9 Å². The molecule has 2 aromatic heterocycles. The normalized spacial score (nSPS) is 14.6. The number of hydrogen-bond acceptors (Lipinski definition) is 4. The maximum absolute atomic E-state index is 12.1. The standard InChI is InChI=1S/C13H25NO2.C11H12N2O/c1-6-10-14(13(7-2)8-9-13)11(15)16-12(3,4)5;1-3-9-4-5-10-12-8(2)6-11(14)13(10)7-9/h6-10H2,1-5H3;4-7H,3H2,1-2H3. The molecular weight excluding hydrogens is 378 g/mol. The van der Waals surface area contributed by atoms with Crippen LogP contribution in [0.1, 0.15) is 78.5 Å². The van der Waals surface area contributed by atoms with Crippen molar-refractivity contribution in [1.82, 2.24) is 14.3 Å². The highest BCUT2D eigenvalue weighted by atomic mass is 16.6. The largest absolute Gasteiger partial charge is 0.444 e. The minimum atomic E-state index is -0.396. The first-order valence-electron chi connectivity index (χ1n) is 11.0. The van der Waals surface area contributed by atoms with E-state index in [9.17, 15) is 9.59 Å². The number of pyridine rings is 1. The zero-order chi connectivity index (χ0) is 22.5. The monoisotopic (exact) mass is 415 g/mol. The average molecular weight is 416 g/mol. The highest BCUT2D eigenvalue weighted by Crippen LogP contribution is 2.45. The SMILES string of the molecule is CCCN(C(=O)OC(C)(C)C)C1(CC)CC1.CCc1ccc2nc(C)cc(=O)n2c1. The van der Waals surface area contributed by atoms with Crippen molar-refractivity contribution in [2.45, 2.75) is 91.7 Å². The molecule has 0 aromatic carbocycles. The van der Waals surface area contributed by atoms with Crippen LogP contribution in [0, 0.1) is 6.92 Å². The highest BCUT2D eigenvalue weighted by molar-refractivity contribution is 5.69. The molecule has 0 radical (unpaired) electrons. The Morgan fingerprint density at radius 3 is 2.40 bits per heavy atom. The summed E-state index contributed by atoms with van der Waals surface area (Å²) in [6.45, 7) is 14.7. The van der Waals surface area contributed by atoms with Gasteiger partial charge in [0.15, 0.2) is 0 Å². The van der Waals surface area contributed by atoms with Gasteiger partial charge >= 0.3 is 6.09 Å². The lowest BCUT2D eigenvalue weighted by Crippen LogP contribution is -2.45. The maximum atomic E-state index is 12.1. The molecule has 1 amide bonds. The predicted octanol–water partition coefficient (Wildman–Crippen LogP) is 5.14. The second-order valence-electron chi connectivity index (χ2n) is 9.06. The summed E-state index contributed by atoms with van der Waals surface area (Å²) < 4.78 is 7.06. The van der Waals surface area contributed by atoms with Gasteiger partial charge in [-0.15, -0.1) is 0 Å². The van der Waals surface area contributed by atoms with Crippen molar-refractivity contribution in [3.8, 4) is 0 Å². The topological polar surface area (TPSA) is 63.9 Å². The Bertz CT molecular complexity index is 923. The molecule has 1 aliphatic carbocycles. The molecule has 0 saturated heterocycles. The van der Waals surface area contributed by atoms with E-state index in [1.807, 2.05) is 50.9 Å². The first-order chi connectivity index (χ1) is 14.0. The molecule has 1 fully saturated rings. The van der Waals surface area contributed by atoms with Gasteiger partial charge in [-0.3, -0.25) is 9.20 Å². The van der Waals surface area contributed by atoms with Gasteiger partial charge in [0.2, 0.25) is 0 Å². The van der Waals surface area contributed by atoms with Gasteiger partial charge in [-0.2, -0.15) is 0 Å². The Kier molecular flexibility index (Phi) is 7.67. The Morgan fingerprint density at radius 1 is 1.23 bits per heavy atom. The van der Waals surface area contributed by atoms with Crippen LogP contribution in [0.15, 0.2) is 29.2 Å². The molecule has 2 heterocycles. The Labute approximate surface area is 180 Å². The smallest absolute Gasteiger partial charge is 0.410 e. The van der Waals surface area contributed by atoms with E-state index in [1.54, 1.807) is 10.5 Å². The van der Waals surface area contributed by atoms with Gasteiger partial charge in [0, 0.05) is 30.0 Å². The summed E-state index contributed by atoms with van der Waals surface area (Å²) in [5, 5.41) is 0. The van der Waals surface area contributed by atoms with Crippen molar-refractivity contribution < 1.29 is 9.53 Å². The summed E-state index contributed by atoms with van der Waals surface area (Å²) in [6.07, 6.45) is 6.91. The van der Waals surface area contributed by atoms with Gasteiger partial charge in [0.25, 0.3) is 5.56 Å². The summed E-state index contributed by atoms with van der Waals surface area (Å²) in [4.78, 5) is 29.9. The lowest BCUT2D eigenvalue weighted by atomic mass is 10.1. The summed E-state index contributed by atoms with van der Waals surface area (Å²) in [5.74, 6) is 0. The number of aryl methyl sites for hydroxylation is 2. The second kappa shape index (κ2) is 9.63. The number of amides is 1. The number of hydrogen-bond donors (Lipinski definition) is 0. The highest BCUT2D eigenvalue weighted by Gasteiger charge is 2.49. The molecule has 3 rings (SSSR count). The van der Waals surface area contributed by atoms with Gasteiger partial charge in [-0.25, -0.2) is 9.78 Å². The third-order valence-electron chi connectivity index (χ3n) is 5.38. The van der Waals surface area contributed by atoms with Crippen LogP contribution in [0.25, 0.3) is 5.65 Å². The fraction of sp³-hybridized carbons (Fsp3) is 0.625. The maximum Gasteiger partial charge on any atom is 0.410 e. The van der Waals surface area contributed by atoms with Crippen molar-refractivity contribution in [3.05, 3.63) is 46.0 Å². The van der Waals surface area contributed by atoms with Crippen LogP contribution in [0.5, 0.6) is 0 Å². The molecule has 1 saturated carbocycles. The Balaban J connectivity index is 0.000000215. The van der Waals surface area contributed by atoms with Crippen LogP contribution in [0.2, 0.25) is 0 Å². The molecule has 0 spiro atoms. The lowest BCUT2D eigenvalue weighted by molar-refractivity contribution is 0.0123. The Morgan fingerprint density at radius 2 is 1.90 bits per heavy atom. The number of aromatic nitrogens is 2. The van der Waals surface area contributed by atoms with E-state index in [-0.39, 0.29) is 17.2 Å². The molecule has 166 valence electrons. The van der Waals surface area contributed by atoms with E-state index >= 15 is 0 Å². The molecule has 30 heavy (non-hydrogen) atoms. The fourth-order valence-corrected chi connectivity index (χ4v) is 3.50. The van der Waals surface area contributed by atoms with Crippen LogP contribution < -0.4 is 5.56 Å². The van der Waals surface area contributed by atoms with E-state index in [1.165, 1.54) is 0 Å². The Hall–Kier alpha value is -2.37. The number of rotatable bonds is 5. The van der Waals surface area contributed by atoms with Gasteiger partial charge in [-0.05, 0) is 71.4 Å². The molecular formula is C24H37N3O3. The third-order valence-corrected chi connectivity index (χ3v) is 5.38. The van der Waals surface area contributed by atoms with Crippen LogP contribution in [0.4, 0.5) is 4.79 Å². The van der Waals surface area contributed by atoms with E-state index in [0.29, 0.717) is 5.65 Å². The number of fused-ring (bicyclic) bond motifs is 1. The van der Waals surface area contributed by atoms with Crippen LogP contribution >= 0.6 is 0 Å². The summed E-state index contributed by atoms with van der Waals surface area (Å²) in [6, 6.07) is 5.43. The molecule has 6 heteroatoms. The lowest BCUT2D eigenvalue weighted by Gasteiger charge is -2.33. The molecule has 0 bridgehead atoms. The number of carbonyl (C=O) groups excluding carboxylic acids is 1. The zero-order valence-electron chi connectivity index (χ0n) is 19.6. The number of ether oxygens (including phenoxy) is 1. The first kappa shape index (κ1) is 23.9. The fourth-order valence-electron chi connectivity index (χ4n) is 3.50. The molecule has 0 atom stereocenters. The minimum absolute atomic E-state index is 0.0113. The van der Waals surface area contributed by atoms with Gasteiger partial charge in [0.1, 0.15) is 11.2 Å². The molecule has 2 aromatic rings. The average Bonchev–Trinajstić information content (AvgIpc) is 3.46. The molecule has 0 aliphatic heterocycles.